The lowest BCUT2D eigenvalue weighted by Crippen LogP contribution is -2.52. The Balaban J connectivity index is 1.62. The maximum absolute atomic E-state index is 6.99. The van der Waals surface area contributed by atoms with Crippen LogP contribution in [0.3, 0.4) is 0 Å². The van der Waals surface area contributed by atoms with Crippen LogP contribution in [0, 0.1) is 0 Å². The Morgan fingerprint density at radius 1 is 0.806 bits per heavy atom. The maximum Gasteiger partial charge on any atom is 0.178 e. The molecule has 1 saturated heterocycles. The van der Waals surface area contributed by atoms with Crippen LogP contribution in [0.5, 0.6) is 0 Å². The van der Waals surface area contributed by atoms with E-state index in [-0.39, 0.29) is 6.04 Å². The third-order valence-electron chi connectivity index (χ3n) is 6.67. The molecule has 0 N–H and O–H groups in total. The summed E-state index contributed by atoms with van der Waals surface area (Å²) in [6.07, 6.45) is 11.3. The Labute approximate surface area is 188 Å². The molecule has 0 radical (unpaired) electrons. The van der Waals surface area contributed by atoms with Crippen molar-refractivity contribution in [2.24, 2.45) is 0 Å². The monoisotopic (exact) mass is 419 g/mol. The van der Waals surface area contributed by atoms with Gasteiger partial charge in [0.15, 0.2) is 5.60 Å². The third kappa shape index (κ3) is 5.05. The molecule has 1 atom stereocenters. The molecule has 0 saturated carbocycles. The molecule has 3 nitrogen and oxygen atoms in total. The van der Waals surface area contributed by atoms with Crippen molar-refractivity contribution in [1.82, 2.24) is 4.90 Å². The van der Waals surface area contributed by atoms with Crippen molar-refractivity contribution in [3.8, 4) is 0 Å². The van der Waals surface area contributed by atoms with Crippen LogP contribution < -0.4 is 0 Å². The molecule has 2 aliphatic heterocycles. The van der Waals surface area contributed by atoms with E-state index in [0.29, 0.717) is 0 Å². The smallest absolute Gasteiger partial charge is 0.178 e. The first kappa shape index (κ1) is 22.1. The van der Waals surface area contributed by atoms with E-state index in [1.165, 1.54) is 49.7 Å². The lowest BCUT2D eigenvalue weighted by molar-refractivity contribution is -0.0402. The van der Waals surface area contributed by atoms with E-state index in [1.807, 2.05) is 0 Å². The number of hydrogen-bond donors (Lipinski definition) is 0. The molecular weight excluding hydrogens is 382 g/mol. The van der Waals surface area contributed by atoms with Gasteiger partial charge < -0.3 is 9.47 Å². The van der Waals surface area contributed by atoms with Crippen LogP contribution in [-0.2, 0) is 15.1 Å². The molecule has 3 heteroatoms. The van der Waals surface area contributed by atoms with Gasteiger partial charge in [-0.15, -0.1) is 0 Å². The highest BCUT2D eigenvalue weighted by Crippen LogP contribution is 2.47. The average molecular weight is 420 g/mol. The summed E-state index contributed by atoms with van der Waals surface area (Å²) in [5.74, 6) is 1.15. The summed E-state index contributed by atoms with van der Waals surface area (Å²) >= 11 is 0. The molecule has 166 valence electrons. The number of ether oxygens (including phenoxy) is 2. The number of allylic oxidation sites excluding steroid dienone is 1. The summed E-state index contributed by atoms with van der Waals surface area (Å²) < 4.78 is 12.7. The zero-order valence-electron chi connectivity index (χ0n) is 19.0. The lowest BCUT2D eigenvalue weighted by Gasteiger charge is -2.42. The number of benzene rings is 2. The number of unbranched alkanes of at least 4 members (excludes halogenated alkanes) is 5. The topological polar surface area (TPSA) is 21.7 Å². The second-order valence-electron chi connectivity index (χ2n) is 8.81. The van der Waals surface area contributed by atoms with Gasteiger partial charge >= 0.3 is 0 Å². The first-order valence-electron chi connectivity index (χ1n) is 12.2. The Morgan fingerprint density at radius 3 is 2.00 bits per heavy atom. The number of hydrogen-bond acceptors (Lipinski definition) is 3. The predicted molar refractivity (Wildman–Crippen MR) is 127 cm³/mol. The van der Waals surface area contributed by atoms with Crippen molar-refractivity contribution in [2.75, 3.05) is 26.3 Å². The van der Waals surface area contributed by atoms with Gasteiger partial charge in [-0.2, -0.15) is 0 Å². The minimum Gasteiger partial charge on any atom is -0.480 e. The quantitative estimate of drug-likeness (QED) is 0.422. The van der Waals surface area contributed by atoms with Gasteiger partial charge in [0, 0.05) is 30.6 Å². The zero-order chi connectivity index (χ0) is 21.4. The van der Waals surface area contributed by atoms with Crippen molar-refractivity contribution in [3.63, 3.8) is 0 Å². The molecule has 0 aliphatic carbocycles. The van der Waals surface area contributed by atoms with Gasteiger partial charge in [-0.05, 0) is 12.5 Å². The molecular formula is C28H37NO2. The standard InChI is InChI=1S/C28H37NO2/c1-2-3-4-5-6-13-18-26-23-27(29-19-21-30-22-20-29)28(31-26,24-14-9-7-10-15-24)25-16-11-8-12-17-25/h7-12,14-17,23,27H,2-6,13,18-22H2,1H3. The summed E-state index contributed by atoms with van der Waals surface area (Å²) in [6.45, 7) is 5.73. The van der Waals surface area contributed by atoms with E-state index in [0.717, 1.165) is 38.5 Å². The van der Waals surface area contributed by atoms with Gasteiger partial charge in [0.25, 0.3) is 0 Å². The van der Waals surface area contributed by atoms with E-state index in [1.54, 1.807) is 0 Å². The second-order valence-corrected chi connectivity index (χ2v) is 8.81. The molecule has 4 rings (SSSR count). The summed E-state index contributed by atoms with van der Waals surface area (Å²) in [7, 11) is 0. The minimum absolute atomic E-state index is 0.177. The molecule has 0 bridgehead atoms. The molecule has 1 fully saturated rings. The predicted octanol–water partition coefficient (Wildman–Crippen LogP) is 6.30. The van der Waals surface area contributed by atoms with Gasteiger partial charge in [-0.25, -0.2) is 0 Å². The van der Waals surface area contributed by atoms with Crippen molar-refractivity contribution < 1.29 is 9.47 Å². The van der Waals surface area contributed by atoms with Gasteiger partial charge in [0.1, 0.15) is 0 Å². The van der Waals surface area contributed by atoms with Crippen molar-refractivity contribution in [3.05, 3.63) is 83.6 Å². The van der Waals surface area contributed by atoms with Gasteiger partial charge in [-0.1, -0.05) is 99.7 Å². The van der Waals surface area contributed by atoms with E-state index >= 15 is 0 Å². The summed E-state index contributed by atoms with van der Waals surface area (Å²) in [5, 5.41) is 0. The van der Waals surface area contributed by atoms with Crippen LogP contribution in [0.15, 0.2) is 72.5 Å². The Kier molecular flexibility index (Phi) is 7.82. The lowest BCUT2D eigenvalue weighted by atomic mass is 9.80. The number of rotatable bonds is 10. The first-order valence-corrected chi connectivity index (χ1v) is 12.2. The SMILES string of the molecule is CCCCCCCCC1=CC(N2CCOCC2)C(c2ccccc2)(c2ccccc2)O1. The van der Waals surface area contributed by atoms with Crippen molar-refractivity contribution in [2.45, 2.75) is 63.5 Å². The van der Waals surface area contributed by atoms with Crippen LogP contribution >= 0.6 is 0 Å². The Hall–Kier alpha value is -2.10. The Morgan fingerprint density at radius 2 is 1.39 bits per heavy atom. The fraction of sp³-hybridized carbons (Fsp3) is 0.500. The molecule has 1 unspecified atom stereocenters. The number of nitrogens with zero attached hydrogens (tertiary/aromatic N) is 1. The molecule has 2 aromatic rings. The van der Waals surface area contributed by atoms with E-state index in [2.05, 4.69) is 78.6 Å². The van der Waals surface area contributed by atoms with Crippen molar-refractivity contribution in [1.29, 1.82) is 0 Å². The molecule has 0 amide bonds. The molecule has 2 aliphatic rings. The molecule has 31 heavy (non-hydrogen) atoms. The molecule has 2 heterocycles. The average Bonchev–Trinajstić information content (AvgIpc) is 3.24. The number of morpholine rings is 1. The van der Waals surface area contributed by atoms with Gasteiger partial charge in [0.2, 0.25) is 0 Å². The normalized spacial score (nSPS) is 20.9. The van der Waals surface area contributed by atoms with E-state index < -0.39 is 5.60 Å². The fourth-order valence-electron chi connectivity index (χ4n) is 5.02. The van der Waals surface area contributed by atoms with Crippen LogP contribution in [0.4, 0.5) is 0 Å². The maximum atomic E-state index is 6.99. The third-order valence-corrected chi connectivity index (χ3v) is 6.67. The second kappa shape index (κ2) is 11.0. The summed E-state index contributed by atoms with van der Waals surface area (Å²) in [6, 6.07) is 21.8. The minimum atomic E-state index is -0.503. The fourth-order valence-corrected chi connectivity index (χ4v) is 5.02. The van der Waals surface area contributed by atoms with Gasteiger partial charge in [-0.3, -0.25) is 4.90 Å². The largest absolute Gasteiger partial charge is 0.480 e. The molecule has 0 aromatic heterocycles. The summed E-state index contributed by atoms with van der Waals surface area (Å²) in [4.78, 5) is 2.55. The zero-order valence-corrected chi connectivity index (χ0v) is 19.0. The van der Waals surface area contributed by atoms with E-state index in [9.17, 15) is 0 Å². The van der Waals surface area contributed by atoms with E-state index in [4.69, 9.17) is 9.47 Å². The Bertz CT molecular complexity index is 772. The highest BCUT2D eigenvalue weighted by atomic mass is 16.5. The van der Waals surface area contributed by atoms with Crippen molar-refractivity contribution >= 4 is 0 Å². The van der Waals surface area contributed by atoms with Crippen LogP contribution in [0.25, 0.3) is 0 Å². The van der Waals surface area contributed by atoms with Crippen LogP contribution in [0.2, 0.25) is 0 Å². The highest BCUT2D eigenvalue weighted by molar-refractivity contribution is 5.43. The van der Waals surface area contributed by atoms with Gasteiger partial charge in [0.05, 0.1) is 25.0 Å². The molecule has 2 aromatic carbocycles. The summed E-state index contributed by atoms with van der Waals surface area (Å²) in [5.41, 5.74) is 1.95. The van der Waals surface area contributed by atoms with Crippen LogP contribution in [-0.4, -0.2) is 37.2 Å². The molecule has 0 spiro atoms. The highest BCUT2D eigenvalue weighted by Gasteiger charge is 2.50. The first-order chi connectivity index (χ1) is 15.3. The van der Waals surface area contributed by atoms with Crippen LogP contribution in [0.1, 0.15) is 63.0 Å².